The molecule has 0 spiro atoms. The number of aryl methyl sites for hydroxylation is 1. The van der Waals surface area contributed by atoms with Gasteiger partial charge in [0.2, 0.25) is 5.91 Å². The molecule has 1 amide bonds. The summed E-state index contributed by atoms with van der Waals surface area (Å²) >= 11 is 1.34. The molecule has 0 aliphatic heterocycles. The highest BCUT2D eigenvalue weighted by molar-refractivity contribution is 7.99. The first kappa shape index (κ1) is 21.2. The van der Waals surface area contributed by atoms with Gasteiger partial charge in [-0.1, -0.05) is 55.9 Å². The Morgan fingerprint density at radius 1 is 1.28 bits per heavy atom. The Balaban J connectivity index is 1.81. The van der Waals surface area contributed by atoms with Gasteiger partial charge in [0, 0.05) is 25.3 Å². The van der Waals surface area contributed by atoms with E-state index >= 15 is 0 Å². The fraction of sp³-hybridized carbons (Fsp3) is 0.409. The molecule has 1 aromatic carbocycles. The third kappa shape index (κ3) is 5.09. The van der Waals surface area contributed by atoms with Gasteiger partial charge < -0.3 is 9.88 Å². The number of thioether (sulfide) groups is 1. The van der Waals surface area contributed by atoms with Crippen LogP contribution in [0, 0.1) is 12.8 Å². The highest BCUT2D eigenvalue weighted by Gasteiger charge is 2.18. The number of fused-ring (bicyclic) bond motifs is 1. The zero-order valence-corrected chi connectivity index (χ0v) is 18.3. The summed E-state index contributed by atoms with van der Waals surface area (Å²) in [4.78, 5) is 35.4. The average Bonchev–Trinajstić information content (AvgIpc) is 3.07. The average molecular weight is 413 g/mol. The van der Waals surface area contributed by atoms with Gasteiger partial charge in [0.15, 0.2) is 5.16 Å². The van der Waals surface area contributed by atoms with Gasteiger partial charge in [-0.2, -0.15) is 0 Å². The summed E-state index contributed by atoms with van der Waals surface area (Å²) in [5, 5.41) is 0.597. The fourth-order valence-electron chi connectivity index (χ4n) is 3.25. The first-order chi connectivity index (χ1) is 13.9. The van der Waals surface area contributed by atoms with E-state index in [9.17, 15) is 9.59 Å². The van der Waals surface area contributed by atoms with Crippen LogP contribution in [0.4, 0.5) is 0 Å². The van der Waals surface area contributed by atoms with Crippen LogP contribution >= 0.6 is 11.8 Å². The number of nitrogens with zero attached hydrogens (tertiary/aromatic N) is 3. The van der Waals surface area contributed by atoms with Crippen LogP contribution in [0.15, 0.2) is 46.3 Å². The van der Waals surface area contributed by atoms with Crippen LogP contribution in [0.2, 0.25) is 0 Å². The largest absolute Gasteiger partial charge is 0.353 e. The van der Waals surface area contributed by atoms with Crippen molar-refractivity contribution in [2.75, 3.05) is 12.3 Å². The van der Waals surface area contributed by atoms with Crippen LogP contribution in [0.5, 0.6) is 0 Å². The number of carbonyl (C=O) groups is 1. The van der Waals surface area contributed by atoms with Gasteiger partial charge >= 0.3 is 0 Å². The molecule has 0 aliphatic carbocycles. The van der Waals surface area contributed by atoms with Gasteiger partial charge in [-0.25, -0.2) is 4.98 Å². The summed E-state index contributed by atoms with van der Waals surface area (Å²) in [7, 11) is 0. The standard InChI is InChI=1S/C22H28N4O2S/c1-5-25(13-17-9-7-6-8-10-17)19(27)14-29-22-24-18-11-16(4)23-20(18)21(28)26(22)12-15(2)3/h6-11,15,23H,5,12-14H2,1-4H3. The minimum absolute atomic E-state index is 0.0389. The maximum Gasteiger partial charge on any atom is 0.278 e. The summed E-state index contributed by atoms with van der Waals surface area (Å²) in [6.45, 7) is 9.80. The quantitative estimate of drug-likeness (QED) is 0.451. The van der Waals surface area contributed by atoms with Gasteiger partial charge in [-0.15, -0.1) is 0 Å². The monoisotopic (exact) mass is 412 g/mol. The molecule has 2 aromatic heterocycles. The molecule has 0 bridgehead atoms. The number of hydrogen-bond donors (Lipinski definition) is 1. The van der Waals surface area contributed by atoms with Crippen molar-refractivity contribution in [3.8, 4) is 0 Å². The van der Waals surface area contributed by atoms with Gasteiger partial charge in [0.05, 0.1) is 11.3 Å². The molecule has 3 rings (SSSR count). The van der Waals surface area contributed by atoms with Crippen molar-refractivity contribution < 1.29 is 4.79 Å². The number of benzene rings is 1. The normalized spacial score (nSPS) is 11.3. The van der Waals surface area contributed by atoms with Crippen LogP contribution < -0.4 is 5.56 Å². The van der Waals surface area contributed by atoms with E-state index in [1.165, 1.54) is 11.8 Å². The summed E-state index contributed by atoms with van der Waals surface area (Å²) in [6, 6.07) is 11.8. The SMILES string of the molecule is CCN(Cc1ccccc1)C(=O)CSc1nc2cc(C)[nH]c2c(=O)n1CC(C)C. The molecule has 1 N–H and O–H groups in total. The van der Waals surface area contributed by atoms with E-state index in [2.05, 4.69) is 23.8 Å². The highest BCUT2D eigenvalue weighted by Crippen LogP contribution is 2.20. The number of rotatable bonds is 8. The Labute approximate surface area is 175 Å². The molecule has 154 valence electrons. The van der Waals surface area contributed by atoms with Crippen molar-refractivity contribution in [3.63, 3.8) is 0 Å². The topological polar surface area (TPSA) is 71.0 Å². The Bertz CT molecular complexity index is 1040. The van der Waals surface area contributed by atoms with Gasteiger partial charge in [-0.3, -0.25) is 14.2 Å². The third-order valence-corrected chi connectivity index (χ3v) is 5.62. The molecule has 0 saturated heterocycles. The molecular weight excluding hydrogens is 384 g/mol. The number of amides is 1. The Hall–Kier alpha value is -2.54. The van der Waals surface area contributed by atoms with Crippen LogP contribution in [0.3, 0.4) is 0 Å². The molecule has 2 heterocycles. The molecule has 0 saturated carbocycles. The predicted molar refractivity (Wildman–Crippen MR) is 118 cm³/mol. The van der Waals surface area contributed by atoms with Crippen molar-refractivity contribution in [3.05, 3.63) is 58.0 Å². The summed E-state index contributed by atoms with van der Waals surface area (Å²) in [6.07, 6.45) is 0. The molecule has 3 aromatic rings. The van der Waals surface area contributed by atoms with Crippen molar-refractivity contribution >= 4 is 28.7 Å². The van der Waals surface area contributed by atoms with E-state index in [0.29, 0.717) is 41.7 Å². The maximum absolute atomic E-state index is 13.0. The van der Waals surface area contributed by atoms with E-state index in [4.69, 9.17) is 0 Å². The second kappa shape index (κ2) is 9.31. The lowest BCUT2D eigenvalue weighted by atomic mass is 10.2. The maximum atomic E-state index is 13.0. The molecule has 0 fully saturated rings. The molecular formula is C22H28N4O2S. The lowest BCUT2D eigenvalue weighted by molar-refractivity contribution is -0.128. The van der Waals surface area contributed by atoms with E-state index in [1.807, 2.05) is 55.1 Å². The first-order valence-corrected chi connectivity index (χ1v) is 10.9. The van der Waals surface area contributed by atoms with Crippen molar-refractivity contribution in [1.29, 1.82) is 0 Å². The molecule has 6 nitrogen and oxygen atoms in total. The van der Waals surface area contributed by atoms with Crippen molar-refractivity contribution in [1.82, 2.24) is 19.4 Å². The number of aromatic nitrogens is 3. The Morgan fingerprint density at radius 3 is 2.66 bits per heavy atom. The first-order valence-electron chi connectivity index (χ1n) is 9.93. The smallest absolute Gasteiger partial charge is 0.278 e. The highest BCUT2D eigenvalue weighted by atomic mass is 32.2. The minimum atomic E-state index is -0.0802. The van der Waals surface area contributed by atoms with Crippen LogP contribution in [-0.2, 0) is 17.9 Å². The third-order valence-electron chi connectivity index (χ3n) is 4.66. The second-order valence-corrected chi connectivity index (χ2v) is 8.54. The van der Waals surface area contributed by atoms with Crippen LogP contribution in [0.1, 0.15) is 32.0 Å². The van der Waals surface area contributed by atoms with E-state index in [1.54, 1.807) is 4.57 Å². The summed E-state index contributed by atoms with van der Waals surface area (Å²) in [5.74, 6) is 0.584. The summed E-state index contributed by atoms with van der Waals surface area (Å²) in [5.41, 5.74) is 3.10. The van der Waals surface area contributed by atoms with Crippen molar-refractivity contribution in [2.24, 2.45) is 5.92 Å². The number of H-pyrrole nitrogens is 1. The van der Waals surface area contributed by atoms with Crippen LogP contribution in [-0.4, -0.2) is 37.6 Å². The van der Waals surface area contributed by atoms with Gasteiger partial charge in [0.1, 0.15) is 5.52 Å². The summed E-state index contributed by atoms with van der Waals surface area (Å²) < 4.78 is 1.69. The predicted octanol–water partition coefficient (Wildman–Crippen LogP) is 3.83. The Morgan fingerprint density at radius 2 is 2.00 bits per heavy atom. The molecule has 29 heavy (non-hydrogen) atoms. The lowest BCUT2D eigenvalue weighted by Gasteiger charge is -2.21. The molecule has 0 aliphatic rings. The molecule has 0 radical (unpaired) electrons. The van der Waals surface area contributed by atoms with Crippen LogP contribution in [0.25, 0.3) is 11.0 Å². The zero-order valence-electron chi connectivity index (χ0n) is 17.4. The van der Waals surface area contributed by atoms with E-state index in [-0.39, 0.29) is 17.2 Å². The fourth-order valence-corrected chi connectivity index (χ4v) is 4.16. The molecule has 0 unspecified atom stereocenters. The van der Waals surface area contributed by atoms with Gasteiger partial charge in [0.25, 0.3) is 5.56 Å². The number of hydrogen-bond acceptors (Lipinski definition) is 4. The van der Waals surface area contributed by atoms with Gasteiger partial charge in [-0.05, 0) is 31.4 Å². The number of carbonyl (C=O) groups excluding carboxylic acids is 1. The van der Waals surface area contributed by atoms with E-state index in [0.717, 1.165) is 11.3 Å². The molecule has 0 atom stereocenters. The van der Waals surface area contributed by atoms with Crippen molar-refractivity contribution in [2.45, 2.75) is 45.9 Å². The van der Waals surface area contributed by atoms with E-state index < -0.39 is 0 Å². The number of nitrogens with one attached hydrogen (secondary N) is 1. The minimum Gasteiger partial charge on any atom is -0.353 e. The number of aromatic amines is 1. The lowest BCUT2D eigenvalue weighted by Crippen LogP contribution is -2.32. The zero-order chi connectivity index (χ0) is 21.0. The second-order valence-electron chi connectivity index (χ2n) is 7.60. The molecule has 7 heteroatoms. The Kier molecular flexibility index (Phi) is 6.79.